The van der Waals surface area contributed by atoms with Crippen molar-refractivity contribution in [2.24, 2.45) is 0 Å². The Hall–Kier alpha value is -0.620. The average molecular weight is 333 g/mol. The highest BCUT2D eigenvalue weighted by molar-refractivity contribution is 7.84. The zero-order valence-electron chi connectivity index (χ0n) is 14.7. The fourth-order valence-corrected chi connectivity index (χ4v) is 3.24. The van der Waals surface area contributed by atoms with Crippen molar-refractivity contribution in [2.45, 2.75) is 71.1 Å². The molecule has 3 unspecified atom stereocenters. The van der Waals surface area contributed by atoms with Gasteiger partial charge in [-0.2, -0.15) is 0 Å². The van der Waals surface area contributed by atoms with Crippen LogP contribution in [-0.4, -0.2) is 58.0 Å². The number of carbonyl (C=O) groups excluding carboxylic acids is 1. The minimum atomic E-state index is -0.745. The third kappa shape index (κ3) is 7.58. The lowest BCUT2D eigenvalue weighted by atomic mass is 10.0. The van der Waals surface area contributed by atoms with Crippen LogP contribution in [0.5, 0.6) is 0 Å². The maximum Gasteiger partial charge on any atom is 0.410 e. The Morgan fingerprint density at radius 2 is 2.09 bits per heavy atom. The molecule has 1 amide bonds. The van der Waals surface area contributed by atoms with Gasteiger partial charge in [0.2, 0.25) is 0 Å². The van der Waals surface area contributed by atoms with Crippen molar-refractivity contribution in [3.63, 3.8) is 0 Å². The summed E-state index contributed by atoms with van der Waals surface area (Å²) in [6, 6.07) is 0.504. The van der Waals surface area contributed by atoms with Crippen LogP contribution in [0.4, 0.5) is 4.79 Å². The summed E-state index contributed by atoms with van der Waals surface area (Å²) in [7, 11) is -0.745. The van der Waals surface area contributed by atoms with Crippen LogP contribution in [-0.2, 0) is 15.5 Å². The van der Waals surface area contributed by atoms with Crippen LogP contribution in [0, 0.1) is 0 Å². The maximum atomic E-state index is 12.3. The summed E-state index contributed by atoms with van der Waals surface area (Å²) in [5.41, 5.74) is -0.453. The van der Waals surface area contributed by atoms with Crippen LogP contribution in [0.25, 0.3) is 0 Å². The highest BCUT2D eigenvalue weighted by Gasteiger charge is 2.30. The highest BCUT2D eigenvalue weighted by atomic mass is 32.2. The number of likely N-dealkylation sites (tertiary alicyclic amines) is 1. The van der Waals surface area contributed by atoms with E-state index in [2.05, 4.69) is 12.2 Å². The lowest BCUT2D eigenvalue weighted by molar-refractivity contribution is 0.00970. The molecule has 1 aliphatic rings. The molecule has 6 heteroatoms. The van der Waals surface area contributed by atoms with E-state index in [1.807, 2.05) is 25.7 Å². The molecular formula is C16H32N2O3S. The van der Waals surface area contributed by atoms with Gasteiger partial charge in [0, 0.05) is 48.0 Å². The van der Waals surface area contributed by atoms with Crippen molar-refractivity contribution in [1.29, 1.82) is 0 Å². The Bertz CT molecular complexity index is 382. The Morgan fingerprint density at radius 1 is 1.41 bits per heavy atom. The van der Waals surface area contributed by atoms with Gasteiger partial charge in [0.1, 0.15) is 5.60 Å². The summed E-state index contributed by atoms with van der Waals surface area (Å²) in [6.07, 6.45) is 5.62. The minimum absolute atomic E-state index is 0.193. The molecule has 0 radical (unpaired) electrons. The van der Waals surface area contributed by atoms with Crippen molar-refractivity contribution < 1.29 is 13.7 Å². The summed E-state index contributed by atoms with van der Waals surface area (Å²) in [5.74, 6) is 0.717. The molecule has 0 bridgehead atoms. The number of amides is 1. The molecule has 1 aliphatic heterocycles. The average Bonchev–Trinajstić information content (AvgIpc) is 2.41. The van der Waals surface area contributed by atoms with Crippen LogP contribution in [0.2, 0.25) is 0 Å². The van der Waals surface area contributed by atoms with E-state index in [4.69, 9.17) is 4.74 Å². The molecule has 130 valence electrons. The van der Waals surface area contributed by atoms with Gasteiger partial charge in [-0.1, -0.05) is 0 Å². The Morgan fingerprint density at radius 3 is 2.68 bits per heavy atom. The van der Waals surface area contributed by atoms with Crippen molar-refractivity contribution in [3.8, 4) is 0 Å². The molecule has 0 spiro atoms. The molecule has 0 saturated carbocycles. The first kappa shape index (κ1) is 19.4. The number of nitrogens with zero attached hydrogens (tertiary/aromatic N) is 1. The van der Waals surface area contributed by atoms with E-state index in [9.17, 15) is 9.00 Å². The van der Waals surface area contributed by atoms with Crippen molar-refractivity contribution in [2.75, 3.05) is 25.1 Å². The molecule has 1 heterocycles. The van der Waals surface area contributed by atoms with Gasteiger partial charge >= 0.3 is 6.09 Å². The second-order valence-corrected chi connectivity index (χ2v) is 8.75. The molecule has 1 rings (SSSR count). The normalized spacial score (nSPS) is 22.2. The summed E-state index contributed by atoms with van der Waals surface area (Å²) in [4.78, 5) is 14.2. The molecule has 3 atom stereocenters. The second kappa shape index (κ2) is 8.87. The van der Waals surface area contributed by atoms with Crippen molar-refractivity contribution in [3.05, 3.63) is 0 Å². The van der Waals surface area contributed by atoms with E-state index in [0.29, 0.717) is 11.8 Å². The number of nitrogens with one attached hydrogen (secondary N) is 1. The molecule has 22 heavy (non-hydrogen) atoms. The summed E-state index contributed by atoms with van der Waals surface area (Å²) >= 11 is 0. The van der Waals surface area contributed by atoms with Crippen LogP contribution in [0.1, 0.15) is 53.4 Å². The number of carbonyl (C=O) groups is 1. The van der Waals surface area contributed by atoms with Crippen LogP contribution >= 0.6 is 0 Å². The molecule has 0 aromatic carbocycles. The monoisotopic (exact) mass is 332 g/mol. The lowest BCUT2D eigenvalue weighted by Gasteiger charge is -2.37. The Balaban J connectivity index is 2.47. The first-order valence-corrected chi connectivity index (χ1v) is 9.95. The van der Waals surface area contributed by atoms with Gasteiger partial charge in [-0.25, -0.2) is 4.79 Å². The largest absolute Gasteiger partial charge is 0.444 e. The number of hydrogen-bond donors (Lipinski definition) is 1. The van der Waals surface area contributed by atoms with Gasteiger partial charge in [0.05, 0.1) is 0 Å². The minimum Gasteiger partial charge on any atom is -0.444 e. The molecular weight excluding hydrogens is 300 g/mol. The number of rotatable bonds is 6. The fraction of sp³-hybridized carbons (Fsp3) is 0.938. The van der Waals surface area contributed by atoms with Gasteiger partial charge in [-0.05, 0) is 53.4 Å². The standard InChI is InChI=1S/C16H32N2O3S/c1-13(9-11-22(5)20)17-12-14-8-6-7-10-18(14)15(19)21-16(2,3)4/h13-14,17H,6-12H2,1-5H3. The number of piperidine rings is 1. The quantitative estimate of drug-likeness (QED) is 0.812. The molecule has 1 saturated heterocycles. The SMILES string of the molecule is CC(CCS(C)=O)NCC1CCCCN1C(=O)OC(C)(C)C. The van der Waals surface area contributed by atoms with Crippen LogP contribution < -0.4 is 5.32 Å². The van der Waals surface area contributed by atoms with Gasteiger partial charge in [0.25, 0.3) is 0 Å². The fourth-order valence-electron chi connectivity index (χ4n) is 2.56. The van der Waals surface area contributed by atoms with Gasteiger partial charge in [0.15, 0.2) is 0 Å². The van der Waals surface area contributed by atoms with Crippen molar-refractivity contribution in [1.82, 2.24) is 10.2 Å². The molecule has 0 aromatic rings. The molecule has 5 nitrogen and oxygen atoms in total. The van der Waals surface area contributed by atoms with E-state index in [1.54, 1.807) is 6.26 Å². The predicted molar refractivity (Wildman–Crippen MR) is 91.6 cm³/mol. The summed E-state index contributed by atoms with van der Waals surface area (Å²) < 4.78 is 16.7. The first-order valence-electron chi connectivity index (χ1n) is 8.22. The molecule has 1 N–H and O–H groups in total. The number of ether oxygens (including phenoxy) is 1. The molecule has 0 aromatic heterocycles. The Kier molecular flexibility index (Phi) is 7.83. The van der Waals surface area contributed by atoms with Crippen LogP contribution in [0.3, 0.4) is 0 Å². The van der Waals surface area contributed by atoms with Gasteiger partial charge in [-0.3, -0.25) is 4.21 Å². The first-order chi connectivity index (χ1) is 10.2. The molecule has 1 fully saturated rings. The predicted octanol–water partition coefficient (Wildman–Crippen LogP) is 2.52. The van der Waals surface area contributed by atoms with E-state index in [0.717, 1.165) is 38.8 Å². The van der Waals surface area contributed by atoms with E-state index >= 15 is 0 Å². The van der Waals surface area contributed by atoms with E-state index in [-0.39, 0.29) is 12.1 Å². The highest BCUT2D eigenvalue weighted by Crippen LogP contribution is 2.20. The van der Waals surface area contributed by atoms with Crippen LogP contribution in [0.15, 0.2) is 0 Å². The summed E-state index contributed by atoms with van der Waals surface area (Å²) in [6.45, 7) is 9.35. The Labute approximate surface area is 137 Å². The zero-order valence-corrected chi connectivity index (χ0v) is 15.5. The third-order valence-electron chi connectivity index (χ3n) is 3.80. The topological polar surface area (TPSA) is 58.6 Å². The third-order valence-corrected chi connectivity index (χ3v) is 4.61. The van der Waals surface area contributed by atoms with Gasteiger partial charge in [-0.15, -0.1) is 0 Å². The van der Waals surface area contributed by atoms with E-state index < -0.39 is 16.4 Å². The summed E-state index contributed by atoms with van der Waals surface area (Å²) in [5, 5.41) is 3.47. The van der Waals surface area contributed by atoms with Crippen molar-refractivity contribution >= 4 is 16.9 Å². The molecule has 0 aliphatic carbocycles. The maximum absolute atomic E-state index is 12.3. The smallest absolute Gasteiger partial charge is 0.410 e. The lowest BCUT2D eigenvalue weighted by Crippen LogP contribution is -2.51. The zero-order chi connectivity index (χ0) is 16.8. The second-order valence-electron chi connectivity index (χ2n) is 7.20. The van der Waals surface area contributed by atoms with Gasteiger partial charge < -0.3 is 15.0 Å². The number of hydrogen-bond acceptors (Lipinski definition) is 4. The van der Waals surface area contributed by atoms with E-state index in [1.165, 1.54) is 0 Å².